The highest BCUT2D eigenvalue weighted by atomic mass is 16.2. The molecule has 0 atom stereocenters. The second-order valence-corrected chi connectivity index (χ2v) is 5.77. The van der Waals surface area contributed by atoms with Gasteiger partial charge in [-0.25, -0.2) is 0 Å². The van der Waals surface area contributed by atoms with Crippen molar-refractivity contribution in [2.45, 2.75) is 38.6 Å². The number of nitrogens with zero attached hydrogens (tertiary/aromatic N) is 1. The molecular formula is C18H26N2O. The van der Waals surface area contributed by atoms with E-state index < -0.39 is 0 Å². The molecule has 0 saturated heterocycles. The van der Waals surface area contributed by atoms with Gasteiger partial charge < -0.3 is 10.2 Å². The SMILES string of the molecule is CN(Cc1ccccc1)C(=O)CNCCC1=CCCCC1. The Hall–Kier alpha value is -1.61. The molecule has 21 heavy (non-hydrogen) atoms. The summed E-state index contributed by atoms with van der Waals surface area (Å²) in [5.41, 5.74) is 2.72. The summed E-state index contributed by atoms with van der Waals surface area (Å²) in [5, 5.41) is 3.27. The van der Waals surface area contributed by atoms with Crippen LogP contribution in [0.4, 0.5) is 0 Å². The summed E-state index contributed by atoms with van der Waals surface area (Å²) in [7, 11) is 1.86. The normalized spacial score (nSPS) is 14.6. The Bertz CT molecular complexity index is 467. The van der Waals surface area contributed by atoms with Crippen LogP contribution in [-0.2, 0) is 11.3 Å². The Labute approximate surface area is 128 Å². The van der Waals surface area contributed by atoms with E-state index in [4.69, 9.17) is 0 Å². The summed E-state index contributed by atoms with van der Waals surface area (Å²) in [4.78, 5) is 13.8. The Balaban J connectivity index is 1.63. The van der Waals surface area contributed by atoms with Crippen molar-refractivity contribution in [3.63, 3.8) is 0 Å². The third kappa shape index (κ3) is 5.72. The van der Waals surface area contributed by atoms with Crippen molar-refractivity contribution in [3.8, 4) is 0 Å². The van der Waals surface area contributed by atoms with Crippen molar-refractivity contribution in [1.82, 2.24) is 10.2 Å². The van der Waals surface area contributed by atoms with Crippen LogP contribution in [0.1, 0.15) is 37.7 Å². The molecule has 0 saturated carbocycles. The number of hydrogen-bond acceptors (Lipinski definition) is 2. The molecule has 0 radical (unpaired) electrons. The average molecular weight is 286 g/mol. The van der Waals surface area contributed by atoms with Gasteiger partial charge in [0.15, 0.2) is 0 Å². The van der Waals surface area contributed by atoms with Crippen LogP contribution in [0.3, 0.4) is 0 Å². The van der Waals surface area contributed by atoms with Crippen LogP contribution in [0.15, 0.2) is 42.0 Å². The van der Waals surface area contributed by atoms with Crippen LogP contribution in [-0.4, -0.2) is 30.9 Å². The zero-order valence-electron chi connectivity index (χ0n) is 13.0. The minimum Gasteiger partial charge on any atom is -0.340 e. The topological polar surface area (TPSA) is 32.3 Å². The van der Waals surface area contributed by atoms with Gasteiger partial charge in [-0.3, -0.25) is 4.79 Å². The number of allylic oxidation sites excluding steroid dienone is 1. The first-order valence-corrected chi connectivity index (χ1v) is 7.92. The largest absolute Gasteiger partial charge is 0.340 e. The van der Waals surface area contributed by atoms with E-state index in [0.29, 0.717) is 13.1 Å². The summed E-state index contributed by atoms with van der Waals surface area (Å²) in [6, 6.07) is 10.1. The minimum absolute atomic E-state index is 0.150. The van der Waals surface area contributed by atoms with E-state index in [1.54, 1.807) is 10.5 Å². The molecule has 0 spiro atoms. The predicted molar refractivity (Wildman–Crippen MR) is 87.0 cm³/mol. The van der Waals surface area contributed by atoms with Crippen LogP contribution in [0.2, 0.25) is 0 Å². The summed E-state index contributed by atoms with van der Waals surface area (Å²) in [6.07, 6.45) is 8.58. The van der Waals surface area contributed by atoms with Crippen LogP contribution < -0.4 is 5.32 Å². The number of likely N-dealkylation sites (N-methyl/N-ethyl adjacent to an activating group) is 1. The van der Waals surface area contributed by atoms with Crippen molar-refractivity contribution in [3.05, 3.63) is 47.5 Å². The van der Waals surface area contributed by atoms with Gasteiger partial charge in [-0.1, -0.05) is 42.0 Å². The van der Waals surface area contributed by atoms with E-state index in [-0.39, 0.29) is 5.91 Å². The van der Waals surface area contributed by atoms with Gasteiger partial charge in [-0.15, -0.1) is 0 Å². The summed E-state index contributed by atoms with van der Waals surface area (Å²) >= 11 is 0. The first-order chi connectivity index (χ1) is 10.3. The molecule has 0 fully saturated rings. The lowest BCUT2D eigenvalue weighted by Gasteiger charge is -2.18. The molecule has 1 aromatic carbocycles. The van der Waals surface area contributed by atoms with Crippen LogP contribution in [0.5, 0.6) is 0 Å². The summed E-state index contributed by atoms with van der Waals surface area (Å²) in [5.74, 6) is 0.150. The second-order valence-electron chi connectivity index (χ2n) is 5.77. The molecular weight excluding hydrogens is 260 g/mol. The molecule has 1 amide bonds. The molecule has 3 nitrogen and oxygen atoms in total. The first kappa shape index (κ1) is 15.8. The average Bonchev–Trinajstić information content (AvgIpc) is 2.53. The lowest BCUT2D eigenvalue weighted by molar-refractivity contribution is -0.129. The van der Waals surface area contributed by atoms with Gasteiger partial charge >= 0.3 is 0 Å². The monoisotopic (exact) mass is 286 g/mol. The number of carbonyl (C=O) groups is 1. The van der Waals surface area contributed by atoms with E-state index in [2.05, 4.69) is 11.4 Å². The van der Waals surface area contributed by atoms with E-state index >= 15 is 0 Å². The van der Waals surface area contributed by atoms with Gasteiger partial charge in [0, 0.05) is 13.6 Å². The number of benzene rings is 1. The van der Waals surface area contributed by atoms with Crippen molar-refractivity contribution in [1.29, 1.82) is 0 Å². The Morgan fingerprint density at radius 3 is 2.76 bits per heavy atom. The molecule has 1 aliphatic rings. The van der Waals surface area contributed by atoms with E-state index in [1.165, 1.54) is 31.2 Å². The fraction of sp³-hybridized carbons (Fsp3) is 0.500. The molecule has 0 aromatic heterocycles. The highest BCUT2D eigenvalue weighted by Crippen LogP contribution is 2.19. The summed E-state index contributed by atoms with van der Waals surface area (Å²) < 4.78 is 0. The number of nitrogens with one attached hydrogen (secondary N) is 1. The number of hydrogen-bond donors (Lipinski definition) is 1. The lowest BCUT2D eigenvalue weighted by atomic mass is 9.97. The molecule has 0 aliphatic heterocycles. The van der Waals surface area contributed by atoms with E-state index in [1.807, 2.05) is 37.4 Å². The molecule has 1 aliphatic carbocycles. The maximum absolute atomic E-state index is 12.0. The van der Waals surface area contributed by atoms with Crippen molar-refractivity contribution >= 4 is 5.91 Å². The van der Waals surface area contributed by atoms with Crippen LogP contribution in [0.25, 0.3) is 0 Å². The fourth-order valence-electron chi connectivity index (χ4n) is 2.66. The molecule has 0 heterocycles. The number of amides is 1. The molecule has 1 aromatic rings. The first-order valence-electron chi connectivity index (χ1n) is 7.92. The van der Waals surface area contributed by atoms with Crippen molar-refractivity contribution < 1.29 is 4.79 Å². The third-order valence-electron chi connectivity index (χ3n) is 3.97. The van der Waals surface area contributed by atoms with Crippen molar-refractivity contribution in [2.75, 3.05) is 20.1 Å². The standard InChI is InChI=1S/C18H26N2O/c1-20(15-17-10-6-3-7-11-17)18(21)14-19-13-12-16-8-4-2-5-9-16/h3,6-8,10-11,19H,2,4-5,9,12-15H2,1H3. The minimum atomic E-state index is 0.150. The Kier molecular flexibility index (Phi) is 6.48. The van der Waals surface area contributed by atoms with Gasteiger partial charge in [-0.05, 0) is 44.2 Å². The predicted octanol–water partition coefficient (Wildman–Crippen LogP) is 3.13. The molecule has 114 valence electrons. The van der Waals surface area contributed by atoms with Crippen LogP contribution >= 0.6 is 0 Å². The zero-order valence-corrected chi connectivity index (χ0v) is 13.0. The second kappa shape index (κ2) is 8.63. The lowest BCUT2D eigenvalue weighted by Crippen LogP contribution is -2.35. The smallest absolute Gasteiger partial charge is 0.236 e. The molecule has 2 rings (SSSR count). The van der Waals surface area contributed by atoms with Crippen molar-refractivity contribution in [2.24, 2.45) is 0 Å². The van der Waals surface area contributed by atoms with E-state index in [9.17, 15) is 4.79 Å². The van der Waals surface area contributed by atoms with E-state index in [0.717, 1.165) is 13.0 Å². The van der Waals surface area contributed by atoms with Gasteiger partial charge in [0.25, 0.3) is 0 Å². The van der Waals surface area contributed by atoms with Gasteiger partial charge in [-0.2, -0.15) is 0 Å². The third-order valence-corrected chi connectivity index (χ3v) is 3.97. The Morgan fingerprint density at radius 1 is 1.24 bits per heavy atom. The fourth-order valence-corrected chi connectivity index (χ4v) is 2.66. The highest BCUT2D eigenvalue weighted by molar-refractivity contribution is 5.77. The van der Waals surface area contributed by atoms with Gasteiger partial charge in [0.2, 0.25) is 5.91 Å². The maximum atomic E-state index is 12.0. The molecule has 1 N–H and O–H groups in total. The Morgan fingerprint density at radius 2 is 2.05 bits per heavy atom. The van der Waals surface area contributed by atoms with Gasteiger partial charge in [0.1, 0.15) is 0 Å². The number of rotatable bonds is 7. The quantitative estimate of drug-likeness (QED) is 0.617. The molecule has 3 heteroatoms. The molecule has 0 bridgehead atoms. The van der Waals surface area contributed by atoms with Crippen LogP contribution in [0, 0.1) is 0 Å². The highest BCUT2D eigenvalue weighted by Gasteiger charge is 2.09. The zero-order chi connectivity index (χ0) is 14.9. The number of carbonyl (C=O) groups excluding carboxylic acids is 1. The maximum Gasteiger partial charge on any atom is 0.236 e. The summed E-state index contributed by atoms with van der Waals surface area (Å²) in [6.45, 7) is 2.00. The molecule has 0 unspecified atom stereocenters. The van der Waals surface area contributed by atoms with Gasteiger partial charge in [0.05, 0.1) is 6.54 Å².